The van der Waals surface area contributed by atoms with E-state index in [0.29, 0.717) is 4.68 Å². The predicted octanol–water partition coefficient (Wildman–Crippen LogP) is 4.59. The number of aromatic nitrogens is 3. The van der Waals surface area contributed by atoms with Gasteiger partial charge in [0.25, 0.3) is 5.91 Å². The molecule has 6 nitrogen and oxygen atoms in total. The maximum Gasteiger partial charge on any atom is 0.435 e. The fraction of sp³-hybridized carbons (Fsp3) is 0.375. The summed E-state index contributed by atoms with van der Waals surface area (Å²) in [5.41, 5.74) is -0.315. The normalized spacial score (nSPS) is 15.4. The van der Waals surface area contributed by atoms with E-state index in [1.807, 2.05) is 24.3 Å². The number of benzene rings is 2. The maximum atomic E-state index is 13.7. The van der Waals surface area contributed by atoms with Gasteiger partial charge in [-0.1, -0.05) is 36.4 Å². The number of hydrogen-bond acceptors (Lipinski definition) is 4. The molecule has 0 bridgehead atoms. The molecule has 0 aliphatic carbocycles. The van der Waals surface area contributed by atoms with Gasteiger partial charge in [-0.05, 0) is 67.2 Å². The minimum atomic E-state index is -4.89. The summed E-state index contributed by atoms with van der Waals surface area (Å²) in [6.07, 6.45) is -2.51. The quantitative estimate of drug-likeness (QED) is 0.530. The second-order valence-electron chi connectivity index (χ2n) is 8.63. The van der Waals surface area contributed by atoms with E-state index in [4.69, 9.17) is 0 Å². The molecular weight excluding hydrogens is 450 g/mol. The molecule has 1 aliphatic heterocycles. The molecule has 1 amide bonds. The number of amides is 1. The Bertz CT molecular complexity index is 1120. The molecule has 4 rings (SSSR count). The van der Waals surface area contributed by atoms with Gasteiger partial charge in [-0.3, -0.25) is 9.69 Å². The zero-order valence-electron chi connectivity index (χ0n) is 18.6. The van der Waals surface area contributed by atoms with Crippen LogP contribution in [-0.2, 0) is 19.3 Å². The molecule has 0 radical (unpaired) electrons. The Morgan fingerprint density at radius 1 is 1.03 bits per heavy atom. The van der Waals surface area contributed by atoms with Gasteiger partial charge in [0.05, 0.1) is 5.69 Å². The van der Waals surface area contributed by atoms with Crippen LogP contribution >= 0.6 is 0 Å². The van der Waals surface area contributed by atoms with Crippen molar-refractivity contribution < 1.29 is 22.4 Å². The van der Waals surface area contributed by atoms with E-state index in [1.54, 1.807) is 0 Å². The van der Waals surface area contributed by atoms with Crippen molar-refractivity contribution in [2.24, 2.45) is 5.92 Å². The molecule has 3 aromatic rings. The molecule has 1 aromatic heterocycles. The van der Waals surface area contributed by atoms with Crippen molar-refractivity contribution >= 4 is 5.91 Å². The van der Waals surface area contributed by atoms with Crippen LogP contribution < -0.4 is 5.32 Å². The van der Waals surface area contributed by atoms with Crippen molar-refractivity contribution in [1.82, 2.24) is 25.2 Å². The number of piperidine rings is 1. The Kier molecular flexibility index (Phi) is 6.97. The smallest absolute Gasteiger partial charge is 0.346 e. The van der Waals surface area contributed by atoms with Gasteiger partial charge in [-0.2, -0.15) is 13.2 Å². The predicted molar refractivity (Wildman–Crippen MR) is 118 cm³/mol. The van der Waals surface area contributed by atoms with Crippen molar-refractivity contribution in [2.45, 2.75) is 39.0 Å². The maximum absolute atomic E-state index is 13.7. The molecule has 1 aliphatic rings. The number of carbonyl (C=O) groups is 1. The Morgan fingerprint density at radius 3 is 2.26 bits per heavy atom. The van der Waals surface area contributed by atoms with Crippen molar-refractivity contribution in [2.75, 3.05) is 13.1 Å². The van der Waals surface area contributed by atoms with Crippen LogP contribution in [0, 0.1) is 11.7 Å². The highest BCUT2D eigenvalue weighted by molar-refractivity contribution is 5.93. The second-order valence-corrected chi connectivity index (χ2v) is 8.63. The fourth-order valence-electron chi connectivity index (χ4n) is 3.96. The van der Waals surface area contributed by atoms with Gasteiger partial charge >= 0.3 is 6.18 Å². The van der Waals surface area contributed by atoms with Crippen LogP contribution in [-0.4, -0.2) is 38.9 Å². The van der Waals surface area contributed by atoms with Crippen molar-refractivity contribution in [3.8, 4) is 5.69 Å². The van der Waals surface area contributed by atoms with Crippen molar-refractivity contribution in [3.05, 3.63) is 76.9 Å². The highest BCUT2D eigenvalue weighted by Crippen LogP contribution is 2.32. The highest BCUT2D eigenvalue weighted by atomic mass is 19.4. The van der Waals surface area contributed by atoms with E-state index < -0.39 is 29.3 Å². The summed E-state index contributed by atoms with van der Waals surface area (Å²) < 4.78 is 54.8. The average molecular weight is 475 g/mol. The first-order chi connectivity index (χ1) is 16.2. The van der Waals surface area contributed by atoms with Crippen LogP contribution in [0.1, 0.15) is 47.1 Å². The van der Waals surface area contributed by atoms with Gasteiger partial charge in [-0.25, -0.2) is 9.07 Å². The van der Waals surface area contributed by atoms with Crippen LogP contribution in [0.5, 0.6) is 0 Å². The molecule has 1 N–H and O–H groups in total. The molecular formula is C24H25F4N5O. The molecule has 2 heterocycles. The lowest BCUT2D eigenvalue weighted by Crippen LogP contribution is -2.32. The van der Waals surface area contributed by atoms with Gasteiger partial charge in [0.2, 0.25) is 0 Å². The second kappa shape index (κ2) is 9.92. The molecule has 0 spiro atoms. The first kappa shape index (κ1) is 23.9. The summed E-state index contributed by atoms with van der Waals surface area (Å²) >= 11 is 0. The van der Waals surface area contributed by atoms with Crippen LogP contribution in [0.3, 0.4) is 0 Å². The van der Waals surface area contributed by atoms with E-state index in [1.165, 1.54) is 12.8 Å². The van der Waals surface area contributed by atoms with Gasteiger partial charge < -0.3 is 5.32 Å². The van der Waals surface area contributed by atoms with Crippen molar-refractivity contribution in [3.63, 3.8) is 0 Å². The number of hydrogen-bond donors (Lipinski definition) is 1. The third-order valence-corrected chi connectivity index (χ3v) is 5.98. The number of halogens is 4. The van der Waals surface area contributed by atoms with Crippen LogP contribution in [0.4, 0.5) is 17.6 Å². The number of rotatable bonds is 6. The minimum absolute atomic E-state index is 0.0427. The van der Waals surface area contributed by atoms with E-state index in [9.17, 15) is 22.4 Å². The van der Waals surface area contributed by atoms with Crippen LogP contribution in [0.25, 0.3) is 5.69 Å². The zero-order valence-corrected chi connectivity index (χ0v) is 18.6. The number of alkyl halides is 3. The van der Waals surface area contributed by atoms with Gasteiger partial charge in [-0.15, -0.1) is 5.10 Å². The number of nitrogens with one attached hydrogen (secondary N) is 1. The Hall–Kier alpha value is -3.27. The van der Waals surface area contributed by atoms with E-state index in [2.05, 4.69) is 27.5 Å². The van der Waals surface area contributed by atoms with Crippen LogP contribution in [0.15, 0.2) is 48.5 Å². The first-order valence-electron chi connectivity index (χ1n) is 11.1. The Morgan fingerprint density at radius 2 is 1.65 bits per heavy atom. The number of likely N-dealkylation sites (tertiary alicyclic amines) is 1. The van der Waals surface area contributed by atoms with Gasteiger partial charge in [0.1, 0.15) is 5.82 Å². The molecule has 0 saturated carbocycles. The lowest BCUT2D eigenvalue weighted by atomic mass is 9.99. The lowest BCUT2D eigenvalue weighted by molar-refractivity contribution is -0.143. The molecule has 10 heteroatoms. The molecule has 0 atom stereocenters. The number of nitrogens with zero attached hydrogens (tertiary/aromatic N) is 4. The van der Waals surface area contributed by atoms with E-state index in [-0.39, 0.29) is 12.2 Å². The summed E-state index contributed by atoms with van der Waals surface area (Å²) in [5, 5.41) is 9.43. The Labute approximate surface area is 194 Å². The van der Waals surface area contributed by atoms with E-state index >= 15 is 0 Å². The lowest BCUT2D eigenvalue weighted by Gasteiger charge is -2.30. The topological polar surface area (TPSA) is 63.1 Å². The summed E-state index contributed by atoms with van der Waals surface area (Å²) in [6.45, 7) is 5.29. The Balaban J connectivity index is 1.42. The van der Waals surface area contributed by atoms with Crippen molar-refractivity contribution in [1.29, 1.82) is 0 Å². The third-order valence-electron chi connectivity index (χ3n) is 5.98. The summed E-state index contributed by atoms with van der Waals surface area (Å²) in [7, 11) is 0. The monoisotopic (exact) mass is 475 g/mol. The molecule has 2 aromatic carbocycles. The molecule has 34 heavy (non-hydrogen) atoms. The SMILES string of the molecule is CC1CCN(Cc2ccc(CNC(=O)c3nnn(-c4ccc(F)cc4)c3C(F)(F)F)cc2)CC1. The van der Waals surface area contributed by atoms with E-state index in [0.717, 1.165) is 60.9 Å². The minimum Gasteiger partial charge on any atom is -0.346 e. The summed E-state index contributed by atoms with van der Waals surface area (Å²) in [5.74, 6) is -0.837. The fourth-order valence-corrected chi connectivity index (χ4v) is 3.96. The summed E-state index contributed by atoms with van der Waals surface area (Å²) in [4.78, 5) is 14.9. The number of carbonyl (C=O) groups excluding carboxylic acids is 1. The first-order valence-corrected chi connectivity index (χ1v) is 11.1. The molecule has 180 valence electrons. The van der Waals surface area contributed by atoms with Crippen LogP contribution in [0.2, 0.25) is 0 Å². The summed E-state index contributed by atoms with van der Waals surface area (Å²) in [6, 6.07) is 11.9. The standard InChI is InChI=1S/C24H25F4N5O/c1-16-10-12-32(13-11-16)15-18-4-2-17(3-5-18)14-29-23(34)21-22(24(26,27)28)33(31-30-21)20-8-6-19(25)7-9-20/h2-9,16H,10-15H2,1H3,(H,29,34). The third kappa shape index (κ3) is 5.61. The highest BCUT2D eigenvalue weighted by Gasteiger charge is 2.42. The molecule has 0 unspecified atom stereocenters. The molecule has 1 saturated heterocycles. The largest absolute Gasteiger partial charge is 0.435 e. The van der Waals surface area contributed by atoms with Gasteiger partial charge in [0.15, 0.2) is 11.4 Å². The van der Waals surface area contributed by atoms with Gasteiger partial charge in [0, 0.05) is 13.1 Å². The zero-order chi connectivity index (χ0) is 24.3. The molecule has 1 fully saturated rings. The average Bonchev–Trinajstić information content (AvgIpc) is 3.26.